The van der Waals surface area contributed by atoms with Gasteiger partial charge in [-0.2, -0.15) is 5.10 Å². The molecule has 3 aromatic rings. The van der Waals surface area contributed by atoms with E-state index in [1.807, 2.05) is 12.1 Å². The molecule has 0 atom stereocenters. The highest BCUT2D eigenvalue weighted by atomic mass is 127. The van der Waals surface area contributed by atoms with Crippen molar-refractivity contribution in [2.75, 3.05) is 27.9 Å². The van der Waals surface area contributed by atoms with Gasteiger partial charge in [0.25, 0.3) is 11.8 Å². The lowest BCUT2D eigenvalue weighted by Crippen LogP contribution is -2.34. The molecule has 0 heterocycles. The van der Waals surface area contributed by atoms with Crippen LogP contribution < -0.4 is 29.7 Å². The Morgan fingerprint density at radius 3 is 2.16 bits per heavy atom. The number of ether oxygens (including phenoxy) is 4. The number of nitrogens with zero attached hydrogens (tertiary/aromatic N) is 1. The first-order valence-electron chi connectivity index (χ1n) is 10.8. The third kappa shape index (κ3) is 7.43. The number of methoxy groups -OCH3 is 3. The number of nitrogens with one attached hydrogen (secondary N) is 2. The Morgan fingerprint density at radius 2 is 1.57 bits per heavy atom. The van der Waals surface area contributed by atoms with Crippen molar-refractivity contribution in [1.29, 1.82) is 0 Å². The van der Waals surface area contributed by atoms with Crippen LogP contribution in [-0.4, -0.2) is 51.9 Å². The van der Waals surface area contributed by atoms with Gasteiger partial charge in [-0.05, 0) is 76.7 Å². The van der Waals surface area contributed by atoms with Gasteiger partial charge in [0.15, 0.2) is 11.5 Å². The SMILES string of the molecule is COc1cc(C(=O)NCC(=O)NN=Cc2ccc(OC(=O)c3ccccc3I)cc2)cc(OC)c1OC. The highest BCUT2D eigenvalue weighted by molar-refractivity contribution is 14.1. The van der Waals surface area contributed by atoms with Crippen LogP contribution in [0.15, 0.2) is 65.8 Å². The summed E-state index contributed by atoms with van der Waals surface area (Å²) in [5.41, 5.74) is 3.71. The molecule has 0 aromatic heterocycles. The number of hydrogen-bond donors (Lipinski definition) is 2. The first-order chi connectivity index (χ1) is 17.9. The van der Waals surface area contributed by atoms with Crippen LogP contribution in [0.25, 0.3) is 0 Å². The molecular formula is C26H24IN3O7. The van der Waals surface area contributed by atoms with Gasteiger partial charge in [-0.25, -0.2) is 10.2 Å². The van der Waals surface area contributed by atoms with Gasteiger partial charge in [0, 0.05) is 9.13 Å². The maximum Gasteiger partial charge on any atom is 0.344 e. The van der Waals surface area contributed by atoms with Gasteiger partial charge in [0.05, 0.1) is 39.7 Å². The van der Waals surface area contributed by atoms with Crippen molar-refractivity contribution in [2.24, 2.45) is 5.10 Å². The number of benzene rings is 3. The monoisotopic (exact) mass is 617 g/mol. The zero-order valence-electron chi connectivity index (χ0n) is 20.2. The topological polar surface area (TPSA) is 125 Å². The van der Waals surface area contributed by atoms with E-state index in [-0.39, 0.29) is 12.1 Å². The Hall–Kier alpha value is -4.13. The summed E-state index contributed by atoms with van der Waals surface area (Å²) in [7, 11) is 4.34. The van der Waals surface area contributed by atoms with Crippen molar-refractivity contribution < 1.29 is 33.3 Å². The van der Waals surface area contributed by atoms with E-state index in [4.69, 9.17) is 18.9 Å². The molecular weight excluding hydrogens is 593 g/mol. The van der Waals surface area contributed by atoms with E-state index in [0.717, 1.165) is 3.57 Å². The minimum absolute atomic E-state index is 0.230. The number of hydrazone groups is 1. The lowest BCUT2D eigenvalue weighted by Gasteiger charge is -2.14. The summed E-state index contributed by atoms with van der Waals surface area (Å²) in [5, 5.41) is 6.38. The fraction of sp³-hybridized carbons (Fsp3) is 0.154. The molecule has 0 aliphatic heterocycles. The molecule has 3 rings (SSSR count). The number of esters is 1. The third-order valence-corrected chi connectivity index (χ3v) is 5.86. The van der Waals surface area contributed by atoms with Crippen LogP contribution in [0, 0.1) is 3.57 Å². The van der Waals surface area contributed by atoms with Crippen molar-refractivity contribution in [2.45, 2.75) is 0 Å². The summed E-state index contributed by atoms with van der Waals surface area (Å²) in [4.78, 5) is 36.9. The van der Waals surface area contributed by atoms with E-state index in [1.54, 1.807) is 36.4 Å². The molecule has 11 heteroatoms. The Balaban J connectivity index is 1.50. The van der Waals surface area contributed by atoms with Crippen LogP contribution >= 0.6 is 22.6 Å². The lowest BCUT2D eigenvalue weighted by atomic mass is 10.1. The van der Waals surface area contributed by atoms with Crippen molar-refractivity contribution in [3.8, 4) is 23.0 Å². The number of halogens is 1. The Morgan fingerprint density at radius 1 is 0.919 bits per heavy atom. The molecule has 0 saturated carbocycles. The molecule has 2 amide bonds. The Bertz CT molecular complexity index is 1280. The zero-order chi connectivity index (χ0) is 26.8. The quantitative estimate of drug-likeness (QED) is 0.118. The summed E-state index contributed by atoms with van der Waals surface area (Å²) in [6.45, 7) is -0.306. The van der Waals surface area contributed by atoms with E-state index in [1.165, 1.54) is 39.7 Å². The van der Waals surface area contributed by atoms with Crippen LogP contribution in [0.1, 0.15) is 26.3 Å². The highest BCUT2D eigenvalue weighted by Crippen LogP contribution is 2.38. The van der Waals surface area contributed by atoms with Gasteiger partial charge in [0.2, 0.25) is 5.75 Å². The molecule has 0 radical (unpaired) electrons. The van der Waals surface area contributed by atoms with Gasteiger partial charge in [-0.3, -0.25) is 9.59 Å². The molecule has 37 heavy (non-hydrogen) atoms. The van der Waals surface area contributed by atoms with E-state index in [0.29, 0.717) is 34.1 Å². The average Bonchev–Trinajstić information content (AvgIpc) is 2.91. The summed E-state index contributed by atoms with van der Waals surface area (Å²) in [5.74, 6) is -0.125. The first kappa shape index (κ1) is 27.5. The van der Waals surface area contributed by atoms with E-state index in [9.17, 15) is 14.4 Å². The van der Waals surface area contributed by atoms with E-state index in [2.05, 4.69) is 38.4 Å². The van der Waals surface area contributed by atoms with E-state index >= 15 is 0 Å². The molecule has 0 unspecified atom stereocenters. The number of carbonyl (C=O) groups excluding carboxylic acids is 3. The zero-order valence-corrected chi connectivity index (χ0v) is 22.4. The second-order valence-corrected chi connectivity index (χ2v) is 8.49. The normalized spacial score (nSPS) is 10.5. The van der Waals surface area contributed by atoms with E-state index < -0.39 is 17.8 Å². The predicted octanol–water partition coefficient (Wildman–Crippen LogP) is 3.42. The molecule has 0 fully saturated rings. The summed E-state index contributed by atoms with van der Waals surface area (Å²) < 4.78 is 21.9. The van der Waals surface area contributed by atoms with Gasteiger partial charge in [-0.1, -0.05) is 12.1 Å². The lowest BCUT2D eigenvalue weighted by molar-refractivity contribution is -0.120. The number of amides is 2. The highest BCUT2D eigenvalue weighted by Gasteiger charge is 2.17. The van der Waals surface area contributed by atoms with Crippen LogP contribution in [0.4, 0.5) is 0 Å². The summed E-state index contributed by atoms with van der Waals surface area (Å²) >= 11 is 2.07. The van der Waals surface area contributed by atoms with Crippen molar-refractivity contribution in [3.05, 3.63) is 80.9 Å². The second-order valence-electron chi connectivity index (χ2n) is 7.33. The predicted molar refractivity (Wildman–Crippen MR) is 145 cm³/mol. The smallest absolute Gasteiger partial charge is 0.344 e. The molecule has 0 bridgehead atoms. The molecule has 192 valence electrons. The number of hydrogen-bond acceptors (Lipinski definition) is 8. The van der Waals surface area contributed by atoms with Crippen molar-refractivity contribution in [3.63, 3.8) is 0 Å². The van der Waals surface area contributed by atoms with Crippen LogP contribution in [0.2, 0.25) is 0 Å². The maximum absolute atomic E-state index is 12.5. The molecule has 0 saturated heterocycles. The summed E-state index contributed by atoms with van der Waals surface area (Å²) in [6, 6.07) is 16.7. The fourth-order valence-electron chi connectivity index (χ4n) is 3.10. The molecule has 0 aliphatic carbocycles. The minimum Gasteiger partial charge on any atom is -0.493 e. The Kier molecular flexibility index (Phi) is 9.84. The third-order valence-electron chi connectivity index (χ3n) is 4.92. The minimum atomic E-state index is -0.528. The molecule has 10 nitrogen and oxygen atoms in total. The van der Waals surface area contributed by atoms with Gasteiger partial charge < -0.3 is 24.3 Å². The molecule has 2 N–H and O–H groups in total. The molecule has 3 aromatic carbocycles. The van der Waals surface area contributed by atoms with Crippen LogP contribution in [0.3, 0.4) is 0 Å². The van der Waals surface area contributed by atoms with Crippen LogP contribution in [0.5, 0.6) is 23.0 Å². The van der Waals surface area contributed by atoms with Crippen molar-refractivity contribution in [1.82, 2.24) is 10.7 Å². The standard InChI is InChI=1S/C26H24IN3O7/c1-34-21-12-17(13-22(35-2)24(21)36-3)25(32)28-15-23(31)30-29-14-16-8-10-18(11-9-16)37-26(33)19-6-4-5-7-20(19)27/h4-14H,15H2,1-3H3,(H,28,32)(H,30,31). The first-order valence-corrected chi connectivity index (χ1v) is 11.9. The average molecular weight is 617 g/mol. The maximum atomic E-state index is 12.5. The van der Waals surface area contributed by atoms with Gasteiger partial charge in [0.1, 0.15) is 5.75 Å². The van der Waals surface area contributed by atoms with Gasteiger partial charge >= 0.3 is 5.97 Å². The summed E-state index contributed by atoms with van der Waals surface area (Å²) in [6.07, 6.45) is 1.42. The molecule has 0 spiro atoms. The largest absolute Gasteiger partial charge is 0.493 e. The molecule has 0 aliphatic rings. The number of carbonyl (C=O) groups is 3. The van der Waals surface area contributed by atoms with Crippen LogP contribution in [-0.2, 0) is 4.79 Å². The van der Waals surface area contributed by atoms with Crippen molar-refractivity contribution >= 4 is 46.6 Å². The van der Waals surface area contributed by atoms with Gasteiger partial charge in [-0.15, -0.1) is 0 Å². The number of rotatable bonds is 10. The second kappa shape index (κ2) is 13.3. The fourth-order valence-corrected chi connectivity index (χ4v) is 3.71. The Labute approximate surface area is 227 Å².